The summed E-state index contributed by atoms with van der Waals surface area (Å²) >= 11 is 6.34. The number of imide groups is 1. The van der Waals surface area contributed by atoms with Crippen molar-refractivity contribution in [2.24, 2.45) is 0 Å². The minimum atomic E-state index is -0.597. The Morgan fingerprint density at radius 2 is 1.86 bits per heavy atom. The van der Waals surface area contributed by atoms with E-state index in [1.54, 1.807) is 31.2 Å². The van der Waals surface area contributed by atoms with Gasteiger partial charge in [0.2, 0.25) is 0 Å². The first-order valence-electron chi connectivity index (χ1n) is 8.54. The van der Waals surface area contributed by atoms with Crippen molar-refractivity contribution < 1.29 is 24.0 Å². The maximum Gasteiger partial charge on any atom is 0.326 e. The smallest absolute Gasteiger partial charge is 0.326 e. The van der Waals surface area contributed by atoms with E-state index in [-0.39, 0.29) is 23.0 Å². The number of carbonyl (C=O) groups excluding carboxylic acids is 2. The molecule has 1 aliphatic rings. The summed E-state index contributed by atoms with van der Waals surface area (Å²) in [6.45, 7) is 2.27. The van der Waals surface area contributed by atoms with Gasteiger partial charge in [-0.25, -0.2) is 4.79 Å². The average Bonchev–Trinajstić information content (AvgIpc) is 2.98. The van der Waals surface area contributed by atoms with Gasteiger partial charge in [-0.2, -0.15) is 0 Å². The molecule has 0 atom stereocenters. The van der Waals surface area contributed by atoms with Crippen molar-refractivity contribution in [2.45, 2.75) is 13.5 Å². The fourth-order valence-electron chi connectivity index (χ4n) is 2.59. The molecule has 3 amide bonds. The molecule has 0 radical (unpaired) electrons. The molecule has 0 saturated carbocycles. The lowest BCUT2D eigenvalue weighted by Gasteiger charge is -2.14. The molecule has 0 unspecified atom stereocenters. The molecule has 1 fully saturated rings. The van der Waals surface area contributed by atoms with Gasteiger partial charge in [-0.3, -0.25) is 20.2 Å². The number of ether oxygens (including phenoxy) is 2. The minimum Gasteiger partial charge on any atom is -0.490 e. The molecule has 1 aliphatic heterocycles. The number of nitrogens with zero attached hydrogens (tertiary/aromatic N) is 1. The Kier molecular flexibility index (Phi) is 5.99. The van der Waals surface area contributed by atoms with Crippen molar-refractivity contribution in [1.82, 2.24) is 10.6 Å². The van der Waals surface area contributed by atoms with E-state index in [0.29, 0.717) is 29.2 Å². The number of urea groups is 1. The van der Waals surface area contributed by atoms with Crippen LogP contribution in [0.25, 0.3) is 6.08 Å². The van der Waals surface area contributed by atoms with Crippen LogP contribution in [0.2, 0.25) is 5.02 Å². The zero-order chi connectivity index (χ0) is 21.0. The number of benzene rings is 2. The maximum atomic E-state index is 11.7. The lowest BCUT2D eigenvalue weighted by molar-refractivity contribution is -0.384. The first kappa shape index (κ1) is 20.2. The van der Waals surface area contributed by atoms with Gasteiger partial charge in [0.15, 0.2) is 11.5 Å². The first-order chi connectivity index (χ1) is 13.9. The predicted octanol–water partition coefficient (Wildman–Crippen LogP) is 3.41. The third-order valence-corrected chi connectivity index (χ3v) is 4.17. The lowest BCUT2D eigenvalue weighted by atomic mass is 10.1. The topological polar surface area (TPSA) is 120 Å². The highest BCUT2D eigenvalue weighted by atomic mass is 35.5. The van der Waals surface area contributed by atoms with Crippen LogP contribution in [0, 0.1) is 10.1 Å². The largest absolute Gasteiger partial charge is 0.490 e. The molecule has 29 heavy (non-hydrogen) atoms. The van der Waals surface area contributed by atoms with Crippen LogP contribution in [0.15, 0.2) is 42.1 Å². The molecule has 0 aliphatic carbocycles. The van der Waals surface area contributed by atoms with Crippen LogP contribution in [-0.2, 0) is 11.4 Å². The number of nitrogens with one attached hydrogen (secondary N) is 2. The molecule has 2 N–H and O–H groups in total. The van der Waals surface area contributed by atoms with Gasteiger partial charge in [0.1, 0.15) is 12.3 Å². The van der Waals surface area contributed by atoms with Gasteiger partial charge < -0.3 is 14.8 Å². The van der Waals surface area contributed by atoms with Crippen LogP contribution in [0.4, 0.5) is 10.5 Å². The Morgan fingerprint density at radius 1 is 1.14 bits per heavy atom. The predicted molar refractivity (Wildman–Crippen MR) is 105 cm³/mol. The van der Waals surface area contributed by atoms with E-state index in [4.69, 9.17) is 21.1 Å². The van der Waals surface area contributed by atoms with E-state index in [2.05, 4.69) is 10.6 Å². The fraction of sp³-hybridized carbons (Fsp3) is 0.158. The van der Waals surface area contributed by atoms with Gasteiger partial charge in [-0.1, -0.05) is 11.6 Å². The maximum absolute atomic E-state index is 11.7. The Morgan fingerprint density at radius 3 is 2.45 bits per heavy atom. The summed E-state index contributed by atoms with van der Waals surface area (Å²) < 4.78 is 11.4. The summed E-state index contributed by atoms with van der Waals surface area (Å²) in [7, 11) is 0. The monoisotopic (exact) mass is 417 g/mol. The van der Waals surface area contributed by atoms with Gasteiger partial charge >= 0.3 is 6.03 Å². The number of amides is 3. The summed E-state index contributed by atoms with van der Waals surface area (Å²) in [5.74, 6) is 0.120. The molecule has 2 aromatic rings. The van der Waals surface area contributed by atoms with Gasteiger partial charge in [-0.05, 0) is 48.4 Å². The van der Waals surface area contributed by atoms with Crippen molar-refractivity contribution in [3.8, 4) is 11.5 Å². The summed E-state index contributed by atoms with van der Waals surface area (Å²) in [4.78, 5) is 33.2. The second-order valence-corrected chi connectivity index (χ2v) is 6.35. The zero-order valence-corrected chi connectivity index (χ0v) is 16.0. The molecule has 0 bridgehead atoms. The summed E-state index contributed by atoms with van der Waals surface area (Å²) in [5.41, 5.74) is 1.33. The van der Waals surface area contributed by atoms with Crippen LogP contribution in [0.5, 0.6) is 11.5 Å². The molecule has 2 aromatic carbocycles. The lowest BCUT2D eigenvalue weighted by Crippen LogP contribution is -2.22. The third kappa shape index (κ3) is 4.82. The van der Waals surface area contributed by atoms with E-state index < -0.39 is 16.9 Å². The number of hydrogen-bond donors (Lipinski definition) is 2. The van der Waals surface area contributed by atoms with E-state index in [0.717, 1.165) is 0 Å². The third-order valence-electron chi connectivity index (χ3n) is 3.89. The SMILES string of the molecule is CCOc1cc(/C=C2\NC(=O)NC2=O)cc(Cl)c1OCc1ccc([N+](=O)[O-])cc1. The second kappa shape index (κ2) is 8.61. The van der Waals surface area contributed by atoms with Gasteiger partial charge in [-0.15, -0.1) is 0 Å². The van der Waals surface area contributed by atoms with Crippen molar-refractivity contribution in [3.63, 3.8) is 0 Å². The van der Waals surface area contributed by atoms with Gasteiger partial charge in [0, 0.05) is 12.1 Å². The van der Waals surface area contributed by atoms with Crippen molar-refractivity contribution in [2.75, 3.05) is 6.61 Å². The Labute approximate surface area is 170 Å². The van der Waals surface area contributed by atoms with E-state index in [9.17, 15) is 19.7 Å². The van der Waals surface area contributed by atoms with Crippen molar-refractivity contribution >= 4 is 35.3 Å². The minimum absolute atomic E-state index is 0.0118. The van der Waals surface area contributed by atoms with Crippen LogP contribution in [-0.4, -0.2) is 23.5 Å². The molecule has 150 valence electrons. The molecule has 9 nitrogen and oxygen atoms in total. The number of hydrogen-bond acceptors (Lipinski definition) is 6. The molecule has 1 saturated heterocycles. The molecular formula is C19H16ClN3O6. The molecule has 0 spiro atoms. The first-order valence-corrected chi connectivity index (χ1v) is 8.91. The number of carbonyl (C=O) groups is 2. The van der Waals surface area contributed by atoms with Crippen molar-refractivity contribution in [3.05, 3.63) is 68.4 Å². The van der Waals surface area contributed by atoms with E-state index >= 15 is 0 Å². The van der Waals surface area contributed by atoms with Gasteiger partial charge in [0.05, 0.1) is 16.6 Å². The molecule has 0 aromatic heterocycles. The normalized spacial score (nSPS) is 14.5. The van der Waals surface area contributed by atoms with Crippen LogP contribution in [0.3, 0.4) is 0 Å². The van der Waals surface area contributed by atoms with Crippen LogP contribution >= 0.6 is 11.6 Å². The Hall–Kier alpha value is -3.59. The van der Waals surface area contributed by atoms with Crippen LogP contribution < -0.4 is 20.1 Å². The molecule has 1 heterocycles. The molecule has 3 rings (SSSR count). The van der Waals surface area contributed by atoms with Crippen LogP contribution in [0.1, 0.15) is 18.1 Å². The Bertz CT molecular complexity index is 1000. The summed E-state index contributed by atoms with van der Waals surface area (Å²) in [6, 6.07) is 8.56. The highest BCUT2D eigenvalue weighted by Gasteiger charge is 2.23. The second-order valence-electron chi connectivity index (χ2n) is 5.94. The zero-order valence-electron chi connectivity index (χ0n) is 15.2. The van der Waals surface area contributed by atoms with Gasteiger partial charge in [0.25, 0.3) is 11.6 Å². The number of nitro benzene ring substituents is 1. The van der Waals surface area contributed by atoms with E-state index in [1.165, 1.54) is 18.2 Å². The molecule has 10 heteroatoms. The highest BCUT2D eigenvalue weighted by molar-refractivity contribution is 6.32. The summed E-state index contributed by atoms with van der Waals surface area (Å²) in [5, 5.41) is 15.5. The Balaban J connectivity index is 1.82. The van der Waals surface area contributed by atoms with E-state index in [1.807, 2.05) is 0 Å². The summed E-state index contributed by atoms with van der Waals surface area (Å²) in [6.07, 6.45) is 1.47. The number of nitro groups is 1. The number of rotatable bonds is 7. The fourth-order valence-corrected chi connectivity index (χ4v) is 2.87. The number of halogens is 1. The quantitative estimate of drug-likeness (QED) is 0.308. The molecular weight excluding hydrogens is 402 g/mol. The standard InChI is InChI=1S/C19H16ClN3O6/c1-2-28-16-9-12(8-15-18(24)22-19(25)21-15)7-14(20)17(16)29-10-11-3-5-13(6-4-11)23(26)27/h3-9H,2,10H2,1H3,(H2,21,22,24,25)/b15-8-. The van der Waals surface area contributed by atoms with Crippen molar-refractivity contribution in [1.29, 1.82) is 0 Å². The average molecular weight is 418 g/mol. The highest BCUT2D eigenvalue weighted by Crippen LogP contribution is 2.38. The number of non-ortho nitro benzene ring substituents is 1.